The lowest BCUT2D eigenvalue weighted by Crippen LogP contribution is -2.34. The van der Waals surface area contributed by atoms with Crippen LogP contribution in [0, 0.1) is 11.7 Å². The second-order valence-electron chi connectivity index (χ2n) is 4.40. The topological polar surface area (TPSA) is 41.1 Å². The molecule has 2 N–H and O–H groups in total. The maximum Gasteiger partial charge on any atom is 0.222 e. The third-order valence-corrected chi connectivity index (χ3v) is 2.60. The summed E-state index contributed by atoms with van der Waals surface area (Å²) in [4.78, 5) is 11.3. The van der Waals surface area contributed by atoms with Gasteiger partial charge in [-0.1, -0.05) is 25.4 Å². The molecule has 0 aliphatic heterocycles. The summed E-state index contributed by atoms with van der Waals surface area (Å²) in [6.07, 6.45) is 0. The number of rotatable bonds is 6. The Morgan fingerprint density at radius 3 is 2.67 bits per heavy atom. The monoisotopic (exact) mass is 272 g/mol. The van der Waals surface area contributed by atoms with E-state index in [9.17, 15) is 9.18 Å². The zero-order valence-electron chi connectivity index (χ0n) is 10.6. The van der Waals surface area contributed by atoms with Gasteiger partial charge in [0.05, 0.1) is 0 Å². The van der Waals surface area contributed by atoms with E-state index in [0.29, 0.717) is 24.7 Å². The smallest absolute Gasteiger partial charge is 0.222 e. The number of carbonyl (C=O) groups excluding carboxylic acids is 1. The maximum atomic E-state index is 13.0. The SMILES string of the molecule is CC(C)C(=O)NCCNCc1cc(F)cc(Cl)c1. The van der Waals surface area contributed by atoms with Gasteiger partial charge in [-0.05, 0) is 23.8 Å². The highest BCUT2D eigenvalue weighted by molar-refractivity contribution is 6.30. The van der Waals surface area contributed by atoms with E-state index in [0.717, 1.165) is 5.56 Å². The van der Waals surface area contributed by atoms with Crippen LogP contribution in [0.5, 0.6) is 0 Å². The molecule has 100 valence electrons. The Labute approximate surface area is 112 Å². The summed E-state index contributed by atoms with van der Waals surface area (Å²) in [6, 6.07) is 4.42. The predicted molar refractivity (Wildman–Crippen MR) is 71.0 cm³/mol. The van der Waals surface area contributed by atoms with Crippen molar-refractivity contribution < 1.29 is 9.18 Å². The van der Waals surface area contributed by atoms with E-state index in [1.807, 2.05) is 13.8 Å². The van der Waals surface area contributed by atoms with E-state index < -0.39 is 0 Å². The highest BCUT2D eigenvalue weighted by atomic mass is 35.5. The van der Waals surface area contributed by atoms with Crippen molar-refractivity contribution >= 4 is 17.5 Å². The van der Waals surface area contributed by atoms with Crippen LogP contribution in [-0.2, 0) is 11.3 Å². The van der Waals surface area contributed by atoms with E-state index in [-0.39, 0.29) is 17.6 Å². The number of hydrogen-bond donors (Lipinski definition) is 2. The molecule has 1 aromatic rings. The van der Waals surface area contributed by atoms with Gasteiger partial charge in [-0.15, -0.1) is 0 Å². The molecule has 1 aromatic carbocycles. The molecule has 0 aromatic heterocycles. The van der Waals surface area contributed by atoms with Crippen LogP contribution in [0.3, 0.4) is 0 Å². The molecule has 0 atom stereocenters. The lowest BCUT2D eigenvalue weighted by molar-refractivity contribution is -0.123. The quantitative estimate of drug-likeness (QED) is 0.781. The van der Waals surface area contributed by atoms with E-state index in [2.05, 4.69) is 10.6 Å². The summed E-state index contributed by atoms with van der Waals surface area (Å²) < 4.78 is 13.0. The summed E-state index contributed by atoms with van der Waals surface area (Å²) in [5.41, 5.74) is 0.787. The average molecular weight is 273 g/mol. The summed E-state index contributed by atoms with van der Waals surface area (Å²) in [6.45, 7) is 5.40. The highest BCUT2D eigenvalue weighted by Gasteiger charge is 2.04. The predicted octanol–water partition coefficient (Wildman–Crippen LogP) is 2.34. The fourth-order valence-electron chi connectivity index (χ4n) is 1.42. The van der Waals surface area contributed by atoms with E-state index in [1.54, 1.807) is 6.07 Å². The zero-order valence-corrected chi connectivity index (χ0v) is 11.4. The van der Waals surface area contributed by atoms with Crippen molar-refractivity contribution in [1.82, 2.24) is 10.6 Å². The largest absolute Gasteiger partial charge is 0.355 e. The van der Waals surface area contributed by atoms with Gasteiger partial charge in [0, 0.05) is 30.6 Å². The van der Waals surface area contributed by atoms with Gasteiger partial charge in [-0.25, -0.2) is 4.39 Å². The molecule has 0 saturated carbocycles. The first-order chi connectivity index (χ1) is 8.49. The standard InChI is InChI=1S/C13H18ClFN2O/c1-9(2)13(18)17-4-3-16-8-10-5-11(14)7-12(15)6-10/h5-7,9,16H,3-4,8H2,1-2H3,(H,17,18). The minimum absolute atomic E-state index is 0.00738. The van der Waals surface area contributed by atoms with Crippen LogP contribution >= 0.6 is 11.6 Å². The molecule has 5 heteroatoms. The molecule has 0 aliphatic rings. The fraction of sp³-hybridized carbons (Fsp3) is 0.462. The zero-order chi connectivity index (χ0) is 13.5. The summed E-state index contributed by atoms with van der Waals surface area (Å²) >= 11 is 5.74. The molecule has 3 nitrogen and oxygen atoms in total. The Hall–Kier alpha value is -1.13. The van der Waals surface area contributed by atoms with Gasteiger partial charge in [0.1, 0.15) is 5.82 Å². The van der Waals surface area contributed by atoms with Gasteiger partial charge in [0.2, 0.25) is 5.91 Å². The average Bonchev–Trinajstić information content (AvgIpc) is 2.26. The van der Waals surface area contributed by atoms with E-state index >= 15 is 0 Å². The Kier molecular flexibility index (Phi) is 6.09. The first-order valence-electron chi connectivity index (χ1n) is 5.92. The summed E-state index contributed by atoms with van der Waals surface area (Å²) in [7, 11) is 0. The molecular weight excluding hydrogens is 255 g/mol. The van der Waals surface area contributed by atoms with Crippen LogP contribution in [0.1, 0.15) is 19.4 Å². The molecule has 0 saturated heterocycles. The molecular formula is C13H18ClFN2O. The minimum atomic E-state index is -0.340. The Morgan fingerprint density at radius 2 is 2.06 bits per heavy atom. The van der Waals surface area contributed by atoms with Crippen molar-refractivity contribution in [3.8, 4) is 0 Å². The van der Waals surface area contributed by atoms with Crippen LogP contribution in [0.2, 0.25) is 5.02 Å². The van der Waals surface area contributed by atoms with Crippen molar-refractivity contribution in [3.05, 3.63) is 34.6 Å². The molecule has 0 aliphatic carbocycles. The molecule has 0 heterocycles. The van der Waals surface area contributed by atoms with Gasteiger partial charge in [0.15, 0.2) is 0 Å². The molecule has 18 heavy (non-hydrogen) atoms. The van der Waals surface area contributed by atoms with Crippen molar-refractivity contribution in [1.29, 1.82) is 0 Å². The molecule has 0 unspecified atom stereocenters. The number of nitrogens with one attached hydrogen (secondary N) is 2. The normalized spacial score (nSPS) is 10.7. The van der Waals surface area contributed by atoms with Crippen LogP contribution in [0.25, 0.3) is 0 Å². The van der Waals surface area contributed by atoms with Crippen LogP contribution in [0.15, 0.2) is 18.2 Å². The Bertz CT molecular complexity index is 390. The van der Waals surface area contributed by atoms with Crippen LogP contribution in [0.4, 0.5) is 4.39 Å². The summed E-state index contributed by atoms with van der Waals surface area (Å²) in [5, 5.41) is 6.29. The van der Waals surface area contributed by atoms with Gasteiger partial charge < -0.3 is 10.6 Å². The second kappa shape index (κ2) is 7.34. The van der Waals surface area contributed by atoms with Crippen molar-refractivity contribution in [3.63, 3.8) is 0 Å². The number of hydrogen-bond acceptors (Lipinski definition) is 2. The van der Waals surface area contributed by atoms with E-state index in [4.69, 9.17) is 11.6 Å². The van der Waals surface area contributed by atoms with Gasteiger partial charge in [-0.2, -0.15) is 0 Å². The first kappa shape index (κ1) is 14.9. The highest BCUT2D eigenvalue weighted by Crippen LogP contribution is 2.13. The summed E-state index contributed by atoms with van der Waals surface area (Å²) in [5.74, 6) is -0.315. The van der Waals surface area contributed by atoms with Gasteiger partial charge in [-0.3, -0.25) is 4.79 Å². The van der Waals surface area contributed by atoms with Gasteiger partial charge >= 0.3 is 0 Å². The fourth-order valence-corrected chi connectivity index (χ4v) is 1.67. The molecule has 1 rings (SSSR count). The first-order valence-corrected chi connectivity index (χ1v) is 6.30. The second-order valence-corrected chi connectivity index (χ2v) is 4.84. The number of carbonyl (C=O) groups is 1. The third-order valence-electron chi connectivity index (χ3n) is 2.38. The molecule has 0 spiro atoms. The lowest BCUT2D eigenvalue weighted by Gasteiger charge is -2.09. The van der Waals surface area contributed by atoms with Gasteiger partial charge in [0.25, 0.3) is 0 Å². The minimum Gasteiger partial charge on any atom is -0.355 e. The Balaban J connectivity index is 2.24. The number of amides is 1. The van der Waals surface area contributed by atoms with E-state index in [1.165, 1.54) is 12.1 Å². The van der Waals surface area contributed by atoms with Crippen molar-refractivity contribution in [2.75, 3.05) is 13.1 Å². The van der Waals surface area contributed by atoms with Crippen molar-refractivity contribution in [2.45, 2.75) is 20.4 Å². The molecule has 0 bridgehead atoms. The maximum absolute atomic E-state index is 13.0. The molecule has 0 radical (unpaired) electrons. The molecule has 0 fully saturated rings. The van der Waals surface area contributed by atoms with Crippen LogP contribution < -0.4 is 10.6 Å². The third kappa shape index (κ3) is 5.47. The Morgan fingerprint density at radius 1 is 1.33 bits per heavy atom. The van der Waals surface area contributed by atoms with Crippen LogP contribution in [-0.4, -0.2) is 19.0 Å². The number of halogens is 2. The number of benzene rings is 1. The molecule has 1 amide bonds. The lowest BCUT2D eigenvalue weighted by atomic mass is 10.2. The van der Waals surface area contributed by atoms with Crippen molar-refractivity contribution in [2.24, 2.45) is 5.92 Å².